The fourth-order valence-electron chi connectivity index (χ4n) is 2.28. The summed E-state index contributed by atoms with van der Waals surface area (Å²) in [5.74, 6) is -1.62. The first-order valence-corrected chi connectivity index (χ1v) is 6.71. The van der Waals surface area contributed by atoms with Crippen molar-refractivity contribution in [3.8, 4) is 0 Å². The fourth-order valence-corrected chi connectivity index (χ4v) is 2.47. The highest BCUT2D eigenvalue weighted by atomic mass is 35.5. The van der Waals surface area contributed by atoms with E-state index >= 15 is 0 Å². The Morgan fingerprint density at radius 1 is 0.950 bits per heavy atom. The summed E-state index contributed by atoms with van der Waals surface area (Å²) in [6.45, 7) is 3.46. The molecule has 0 bridgehead atoms. The molecule has 106 valence electrons. The number of nitrogens with one attached hydrogen (secondary N) is 1. The van der Waals surface area contributed by atoms with Crippen LogP contribution in [0.25, 0.3) is 0 Å². The number of rotatable bonds is 3. The first kappa shape index (κ1) is 14.9. The molecule has 0 amide bonds. The van der Waals surface area contributed by atoms with E-state index in [9.17, 15) is 8.78 Å². The predicted octanol–water partition coefficient (Wildman–Crippen LogP) is 4.54. The molecule has 0 heterocycles. The van der Waals surface area contributed by atoms with Crippen LogP contribution >= 0.6 is 11.6 Å². The van der Waals surface area contributed by atoms with Gasteiger partial charge in [-0.2, -0.15) is 0 Å². The Morgan fingerprint density at radius 2 is 1.60 bits per heavy atom. The number of hydrogen-bond acceptors (Lipinski definition) is 1. The van der Waals surface area contributed by atoms with Gasteiger partial charge in [0, 0.05) is 10.6 Å². The summed E-state index contributed by atoms with van der Waals surface area (Å²) in [5.41, 5.74) is 2.38. The second-order valence-electron chi connectivity index (χ2n) is 4.82. The molecule has 0 aromatic heterocycles. The minimum absolute atomic E-state index is 0.279. The Morgan fingerprint density at radius 3 is 2.25 bits per heavy atom. The number of halogens is 3. The van der Waals surface area contributed by atoms with Crippen molar-refractivity contribution in [2.75, 3.05) is 7.05 Å². The van der Waals surface area contributed by atoms with E-state index < -0.39 is 17.7 Å². The Labute approximate surface area is 122 Å². The van der Waals surface area contributed by atoms with Gasteiger partial charge in [-0.3, -0.25) is 0 Å². The highest BCUT2D eigenvalue weighted by Crippen LogP contribution is 2.30. The molecule has 1 N–H and O–H groups in total. The molecule has 1 atom stereocenters. The number of benzene rings is 2. The molecular weight excluding hydrogens is 280 g/mol. The molecule has 1 nitrogen and oxygen atoms in total. The van der Waals surface area contributed by atoms with E-state index in [0.29, 0.717) is 10.6 Å². The summed E-state index contributed by atoms with van der Waals surface area (Å²) in [4.78, 5) is 0. The Kier molecular flexibility index (Phi) is 4.41. The zero-order chi connectivity index (χ0) is 14.9. The quantitative estimate of drug-likeness (QED) is 0.876. The maximum atomic E-state index is 14.2. The topological polar surface area (TPSA) is 12.0 Å². The van der Waals surface area contributed by atoms with Crippen LogP contribution in [0.1, 0.15) is 28.3 Å². The number of hydrogen-bond donors (Lipinski definition) is 1. The normalized spacial score (nSPS) is 12.5. The van der Waals surface area contributed by atoms with E-state index in [1.165, 1.54) is 0 Å². The molecule has 0 radical (unpaired) electrons. The average Bonchev–Trinajstić information content (AvgIpc) is 2.43. The smallest absolute Gasteiger partial charge is 0.164 e. The third-order valence-corrected chi connectivity index (χ3v) is 3.69. The summed E-state index contributed by atoms with van der Waals surface area (Å²) in [7, 11) is 1.71. The minimum atomic E-state index is -0.816. The largest absolute Gasteiger partial charge is 0.309 e. The van der Waals surface area contributed by atoms with Crippen LogP contribution in [0, 0.1) is 25.5 Å². The third kappa shape index (κ3) is 2.69. The van der Waals surface area contributed by atoms with E-state index in [-0.39, 0.29) is 5.56 Å². The lowest BCUT2D eigenvalue weighted by atomic mass is 9.94. The highest BCUT2D eigenvalue weighted by Gasteiger charge is 2.21. The van der Waals surface area contributed by atoms with Crippen molar-refractivity contribution in [3.05, 3.63) is 69.2 Å². The SMILES string of the molecule is CNC(c1cc(Cl)ccc1C)c1ccc(C)c(F)c1F. The lowest BCUT2D eigenvalue weighted by molar-refractivity contribution is 0.482. The van der Waals surface area contributed by atoms with Crippen molar-refractivity contribution in [2.45, 2.75) is 19.9 Å². The van der Waals surface area contributed by atoms with Gasteiger partial charge in [0.2, 0.25) is 0 Å². The van der Waals surface area contributed by atoms with Crippen molar-refractivity contribution < 1.29 is 8.78 Å². The van der Waals surface area contributed by atoms with Crippen LogP contribution in [-0.4, -0.2) is 7.05 Å². The molecule has 2 aromatic rings. The van der Waals surface area contributed by atoms with Crippen LogP contribution in [-0.2, 0) is 0 Å². The summed E-state index contributed by atoms with van der Waals surface area (Å²) >= 11 is 6.01. The fraction of sp³-hybridized carbons (Fsp3) is 0.250. The van der Waals surface area contributed by atoms with Gasteiger partial charge in [-0.25, -0.2) is 8.78 Å². The summed E-state index contributed by atoms with van der Waals surface area (Å²) in [6, 6.07) is 8.16. The molecular formula is C16H16ClF2N. The Bertz CT molecular complexity index is 641. The van der Waals surface area contributed by atoms with Gasteiger partial charge in [0.1, 0.15) is 0 Å². The second-order valence-corrected chi connectivity index (χ2v) is 5.26. The molecule has 0 aliphatic carbocycles. The third-order valence-electron chi connectivity index (χ3n) is 3.46. The predicted molar refractivity (Wildman–Crippen MR) is 78.2 cm³/mol. The van der Waals surface area contributed by atoms with E-state index in [0.717, 1.165) is 11.1 Å². The van der Waals surface area contributed by atoms with E-state index in [1.807, 2.05) is 13.0 Å². The van der Waals surface area contributed by atoms with Crippen LogP contribution in [0.15, 0.2) is 30.3 Å². The standard InChI is InChI=1S/C16H16ClF2N/c1-9-4-6-11(17)8-13(9)16(20-3)12-7-5-10(2)14(18)15(12)19/h4-8,16,20H,1-3H3. The first-order chi connectivity index (χ1) is 9.45. The lowest BCUT2D eigenvalue weighted by Gasteiger charge is -2.21. The molecule has 20 heavy (non-hydrogen) atoms. The molecule has 4 heteroatoms. The first-order valence-electron chi connectivity index (χ1n) is 6.33. The van der Waals surface area contributed by atoms with Gasteiger partial charge < -0.3 is 5.32 Å². The molecule has 0 saturated heterocycles. The molecule has 2 aromatic carbocycles. The van der Waals surface area contributed by atoms with Gasteiger partial charge in [-0.1, -0.05) is 29.8 Å². The molecule has 0 aliphatic heterocycles. The average molecular weight is 296 g/mol. The van der Waals surface area contributed by atoms with Crippen molar-refractivity contribution in [2.24, 2.45) is 0 Å². The summed E-state index contributed by atoms with van der Waals surface area (Å²) < 4.78 is 27.9. The van der Waals surface area contributed by atoms with E-state index in [4.69, 9.17) is 11.6 Å². The van der Waals surface area contributed by atoms with Gasteiger partial charge in [-0.05, 0) is 49.7 Å². The number of aryl methyl sites for hydroxylation is 2. The Hall–Kier alpha value is -1.45. The molecule has 2 rings (SSSR count). The van der Waals surface area contributed by atoms with Crippen LogP contribution in [0.5, 0.6) is 0 Å². The van der Waals surface area contributed by atoms with E-state index in [2.05, 4.69) is 5.32 Å². The Balaban J connectivity index is 2.58. The minimum Gasteiger partial charge on any atom is -0.309 e. The molecule has 0 saturated carbocycles. The van der Waals surface area contributed by atoms with Gasteiger partial charge in [0.15, 0.2) is 11.6 Å². The van der Waals surface area contributed by atoms with Gasteiger partial charge in [0.05, 0.1) is 6.04 Å². The monoisotopic (exact) mass is 295 g/mol. The molecule has 0 aliphatic rings. The van der Waals surface area contributed by atoms with Crippen molar-refractivity contribution in [3.63, 3.8) is 0 Å². The maximum Gasteiger partial charge on any atom is 0.164 e. The zero-order valence-corrected chi connectivity index (χ0v) is 12.4. The maximum absolute atomic E-state index is 14.2. The summed E-state index contributed by atoms with van der Waals surface area (Å²) in [6.07, 6.45) is 0. The zero-order valence-electron chi connectivity index (χ0n) is 11.6. The van der Waals surface area contributed by atoms with Crippen molar-refractivity contribution >= 4 is 11.6 Å². The molecule has 1 unspecified atom stereocenters. The van der Waals surface area contributed by atoms with Crippen molar-refractivity contribution in [1.82, 2.24) is 5.32 Å². The van der Waals surface area contributed by atoms with Gasteiger partial charge >= 0.3 is 0 Å². The van der Waals surface area contributed by atoms with Crippen LogP contribution < -0.4 is 5.32 Å². The molecule has 0 fully saturated rings. The highest BCUT2D eigenvalue weighted by molar-refractivity contribution is 6.30. The van der Waals surface area contributed by atoms with Crippen LogP contribution in [0.2, 0.25) is 5.02 Å². The van der Waals surface area contributed by atoms with Gasteiger partial charge in [0.25, 0.3) is 0 Å². The van der Waals surface area contributed by atoms with Crippen molar-refractivity contribution in [1.29, 1.82) is 0 Å². The van der Waals surface area contributed by atoms with Gasteiger partial charge in [-0.15, -0.1) is 0 Å². The second kappa shape index (κ2) is 5.90. The van der Waals surface area contributed by atoms with E-state index in [1.54, 1.807) is 38.2 Å². The lowest BCUT2D eigenvalue weighted by Crippen LogP contribution is -2.20. The van der Waals surface area contributed by atoms with Crippen LogP contribution in [0.3, 0.4) is 0 Å². The van der Waals surface area contributed by atoms with Crippen LogP contribution in [0.4, 0.5) is 8.78 Å². The summed E-state index contributed by atoms with van der Waals surface area (Å²) in [5, 5.41) is 3.59. The molecule has 0 spiro atoms.